The molecule has 0 atom stereocenters. The van der Waals surface area contributed by atoms with E-state index in [-0.39, 0.29) is 47.8 Å². The van der Waals surface area contributed by atoms with E-state index in [9.17, 15) is 24.4 Å². The fourth-order valence-electron chi connectivity index (χ4n) is 10.8. The molecule has 0 spiro atoms. The molecular formula is C67H77NO10. The molecule has 78 heavy (non-hydrogen) atoms. The van der Waals surface area contributed by atoms with E-state index in [0.717, 1.165) is 143 Å². The molecule has 11 heteroatoms. The third kappa shape index (κ3) is 18.6. The molecule has 7 rings (SSSR count). The van der Waals surface area contributed by atoms with Gasteiger partial charge in [0.1, 0.15) is 23.3 Å². The first-order valence-corrected chi connectivity index (χ1v) is 28.4. The van der Waals surface area contributed by atoms with Gasteiger partial charge in [-0.15, -0.1) is 0 Å². The van der Waals surface area contributed by atoms with E-state index in [1.807, 2.05) is 36.4 Å². The Morgan fingerprint density at radius 3 is 1.36 bits per heavy atom. The van der Waals surface area contributed by atoms with Crippen molar-refractivity contribution in [2.75, 3.05) is 26.4 Å². The van der Waals surface area contributed by atoms with Crippen molar-refractivity contribution in [2.24, 2.45) is 11.8 Å². The van der Waals surface area contributed by atoms with Crippen LogP contribution in [0.4, 0.5) is 0 Å². The Hall–Kier alpha value is -7.45. The Bertz CT molecular complexity index is 2770. The molecule has 11 nitrogen and oxygen atoms in total. The number of hydrogen-bond acceptors (Lipinski definition) is 11. The van der Waals surface area contributed by atoms with E-state index in [0.29, 0.717) is 56.5 Å². The number of carbonyl (C=O) groups excluding carboxylic acids is 4. The molecule has 2 saturated carbocycles. The Labute approximate surface area is 461 Å². The number of unbranched alkanes of at least 4 members (excludes halogenated alkanes) is 6. The molecule has 0 radical (unpaired) electrons. The van der Waals surface area contributed by atoms with Crippen molar-refractivity contribution in [1.82, 2.24) is 0 Å². The van der Waals surface area contributed by atoms with E-state index >= 15 is 0 Å². The topological polar surface area (TPSA) is 147 Å². The monoisotopic (exact) mass is 1060 g/mol. The summed E-state index contributed by atoms with van der Waals surface area (Å²) >= 11 is 0. The second kappa shape index (κ2) is 31.7. The summed E-state index contributed by atoms with van der Waals surface area (Å²) in [6, 6.07) is 40.6. The van der Waals surface area contributed by atoms with Crippen molar-refractivity contribution < 1.29 is 47.6 Å². The van der Waals surface area contributed by atoms with Crippen molar-refractivity contribution in [1.29, 1.82) is 5.26 Å². The SMILES string of the molecule is C=CC(=O)OCCCCCCOc1cc(C2CCC(CCC(=O)Oc3ccc(C#N)c(OC(=O)CCC4CCC(c5ccc(-c6ccccc6)c(OCCCCCCOC(=O)C=C)c5)CC4)c3)CC2)ccc1-c1ccccc1. The van der Waals surface area contributed by atoms with E-state index in [1.54, 1.807) is 6.07 Å². The molecule has 0 saturated heterocycles. The lowest BCUT2D eigenvalue weighted by atomic mass is 9.77. The Kier molecular flexibility index (Phi) is 23.7. The smallest absolute Gasteiger partial charge is 0.330 e. The van der Waals surface area contributed by atoms with Crippen molar-refractivity contribution in [2.45, 2.75) is 140 Å². The first-order valence-electron chi connectivity index (χ1n) is 28.4. The van der Waals surface area contributed by atoms with E-state index < -0.39 is 5.97 Å². The molecular weight excluding hydrogens is 979 g/mol. The minimum atomic E-state index is -0.410. The third-order valence-corrected chi connectivity index (χ3v) is 15.3. The summed E-state index contributed by atoms with van der Waals surface area (Å²) in [7, 11) is 0. The Morgan fingerprint density at radius 1 is 0.487 bits per heavy atom. The van der Waals surface area contributed by atoms with Crippen molar-refractivity contribution in [3.8, 4) is 51.3 Å². The van der Waals surface area contributed by atoms with E-state index in [2.05, 4.69) is 79.9 Å². The highest BCUT2D eigenvalue weighted by molar-refractivity contribution is 5.81. The molecule has 0 aliphatic heterocycles. The lowest BCUT2D eigenvalue weighted by Crippen LogP contribution is -2.17. The van der Waals surface area contributed by atoms with Gasteiger partial charge in [0.05, 0.1) is 32.0 Å². The second-order valence-corrected chi connectivity index (χ2v) is 20.7. The van der Waals surface area contributed by atoms with Gasteiger partial charge in [0.15, 0.2) is 5.75 Å². The van der Waals surface area contributed by atoms with Gasteiger partial charge in [0, 0.05) is 42.2 Å². The largest absolute Gasteiger partial charge is 0.493 e. The molecule has 0 bridgehead atoms. The second-order valence-electron chi connectivity index (χ2n) is 20.7. The molecule has 0 amide bonds. The van der Waals surface area contributed by atoms with Gasteiger partial charge >= 0.3 is 23.9 Å². The van der Waals surface area contributed by atoms with Crippen LogP contribution < -0.4 is 18.9 Å². The molecule has 410 valence electrons. The van der Waals surface area contributed by atoms with Crippen LogP contribution in [0.25, 0.3) is 22.3 Å². The molecule has 0 N–H and O–H groups in total. The molecule has 2 fully saturated rings. The van der Waals surface area contributed by atoms with Crippen LogP contribution in [0.15, 0.2) is 141 Å². The van der Waals surface area contributed by atoms with Crippen LogP contribution in [0.5, 0.6) is 23.0 Å². The lowest BCUT2D eigenvalue weighted by molar-refractivity contribution is -0.138. The summed E-state index contributed by atoms with van der Waals surface area (Å²) in [5, 5.41) is 9.85. The number of carbonyl (C=O) groups is 4. The Morgan fingerprint density at radius 2 is 0.923 bits per heavy atom. The summed E-state index contributed by atoms with van der Waals surface area (Å²) in [6.45, 7) is 8.88. The molecule has 2 aliphatic rings. The number of nitriles is 1. The zero-order chi connectivity index (χ0) is 54.7. The van der Waals surface area contributed by atoms with E-state index in [1.165, 1.54) is 35.4 Å². The highest BCUT2D eigenvalue weighted by Crippen LogP contribution is 2.43. The fourth-order valence-corrected chi connectivity index (χ4v) is 10.8. The zero-order valence-corrected chi connectivity index (χ0v) is 45.3. The van der Waals surface area contributed by atoms with Gasteiger partial charge in [0.2, 0.25) is 0 Å². The highest BCUT2D eigenvalue weighted by Gasteiger charge is 2.27. The average molecular weight is 1060 g/mol. The molecule has 0 aromatic heterocycles. The molecule has 5 aromatic rings. The van der Waals surface area contributed by atoms with Crippen LogP contribution in [-0.4, -0.2) is 50.3 Å². The summed E-state index contributed by atoms with van der Waals surface area (Å²) < 4.78 is 34.6. The van der Waals surface area contributed by atoms with Crippen LogP contribution in [0.2, 0.25) is 0 Å². The van der Waals surface area contributed by atoms with E-state index in [4.69, 9.17) is 28.4 Å². The fraction of sp³-hybridized carbons (Fsp3) is 0.418. The third-order valence-electron chi connectivity index (χ3n) is 15.3. The number of benzene rings is 5. The number of esters is 4. The van der Waals surface area contributed by atoms with Gasteiger partial charge in [0.25, 0.3) is 0 Å². The summed E-state index contributed by atoms with van der Waals surface area (Å²) in [5.41, 5.74) is 7.13. The maximum absolute atomic E-state index is 13.2. The number of ether oxygens (including phenoxy) is 6. The summed E-state index contributed by atoms with van der Waals surface area (Å²) in [4.78, 5) is 49.0. The first-order chi connectivity index (χ1) is 38.2. The minimum absolute atomic E-state index is 0.101. The maximum Gasteiger partial charge on any atom is 0.330 e. The quantitative estimate of drug-likeness (QED) is 0.0187. The average Bonchev–Trinajstić information content (AvgIpc) is 3.49. The highest BCUT2D eigenvalue weighted by atomic mass is 16.6. The molecule has 0 unspecified atom stereocenters. The van der Waals surface area contributed by atoms with Crippen LogP contribution in [0.1, 0.15) is 157 Å². The number of rotatable bonds is 30. The van der Waals surface area contributed by atoms with Crippen LogP contribution in [-0.2, 0) is 28.7 Å². The van der Waals surface area contributed by atoms with Crippen molar-refractivity contribution >= 4 is 23.9 Å². The van der Waals surface area contributed by atoms with Gasteiger partial charge in [-0.05, 0) is 186 Å². The standard InChI is InChI=1S/C67H77NO10/c1-3-64(69)75-43-17-7-5-15-41-73-62-45-55(34-37-59(62)53-19-11-9-12-20-53)51-29-23-49(24-30-51)27-39-66(71)77-58-36-33-57(48-68)61(47-58)78-67(72)40-28-50-25-31-52(32-26-50)56-35-38-60(54-21-13-10-14-22-54)63(46-56)74-42-16-6-8-18-44-76-65(70)4-2/h3-4,9-14,19-22,33-38,45-47,49-52H,1-2,5-8,15-18,23-32,39-44H2. The van der Waals surface area contributed by atoms with Crippen LogP contribution >= 0.6 is 0 Å². The van der Waals surface area contributed by atoms with Gasteiger partial charge in [-0.3, -0.25) is 9.59 Å². The summed E-state index contributed by atoms with van der Waals surface area (Å²) in [5.74, 6) is 2.18. The predicted molar refractivity (Wildman–Crippen MR) is 304 cm³/mol. The van der Waals surface area contributed by atoms with Gasteiger partial charge < -0.3 is 28.4 Å². The Balaban J connectivity index is 0.823. The minimum Gasteiger partial charge on any atom is -0.493 e. The molecule has 0 heterocycles. The lowest BCUT2D eigenvalue weighted by Gasteiger charge is -2.29. The van der Waals surface area contributed by atoms with Crippen molar-refractivity contribution in [3.05, 3.63) is 157 Å². The molecule has 5 aromatic carbocycles. The number of nitrogens with zero attached hydrogens (tertiary/aromatic N) is 1. The first kappa shape index (κ1) is 58.2. The van der Waals surface area contributed by atoms with Crippen LogP contribution in [0, 0.1) is 23.2 Å². The summed E-state index contributed by atoms with van der Waals surface area (Å²) in [6.07, 6.45) is 19.7. The van der Waals surface area contributed by atoms with Crippen molar-refractivity contribution in [3.63, 3.8) is 0 Å². The predicted octanol–water partition coefficient (Wildman–Crippen LogP) is 15.5. The van der Waals surface area contributed by atoms with Crippen LogP contribution in [0.3, 0.4) is 0 Å². The normalized spacial score (nSPS) is 16.9. The van der Waals surface area contributed by atoms with Gasteiger partial charge in [-0.1, -0.05) is 98.1 Å². The van der Waals surface area contributed by atoms with Gasteiger partial charge in [-0.2, -0.15) is 5.26 Å². The molecule has 2 aliphatic carbocycles. The van der Waals surface area contributed by atoms with Gasteiger partial charge in [-0.25, -0.2) is 9.59 Å². The maximum atomic E-state index is 13.2. The zero-order valence-electron chi connectivity index (χ0n) is 45.3. The number of hydrogen-bond donors (Lipinski definition) is 0.